The molecule has 1 atom stereocenters. The van der Waals surface area contributed by atoms with E-state index in [1.807, 2.05) is 12.1 Å². The van der Waals surface area contributed by atoms with Crippen LogP contribution < -0.4 is 5.73 Å². The molecule has 1 aromatic rings. The summed E-state index contributed by atoms with van der Waals surface area (Å²) in [6.07, 6.45) is 3.41. The highest BCUT2D eigenvalue weighted by Crippen LogP contribution is 2.06. The number of hydrogen-bond donors (Lipinski definition) is 1. The predicted octanol–water partition coefficient (Wildman–Crippen LogP) is 2.04. The molecule has 3 heteroatoms. The molecule has 0 radical (unpaired) electrons. The second-order valence-corrected chi connectivity index (χ2v) is 6.40. The van der Waals surface area contributed by atoms with E-state index in [2.05, 4.69) is 6.92 Å². The van der Waals surface area contributed by atoms with E-state index in [1.54, 1.807) is 0 Å². The fraction of sp³-hybridized carbons (Fsp3) is 0.500. The molecule has 0 heterocycles. The van der Waals surface area contributed by atoms with E-state index in [0.717, 1.165) is 12.8 Å². The number of aryl methyl sites for hydroxylation is 1. The Kier molecular flexibility index (Phi) is 5.57. The van der Waals surface area contributed by atoms with Gasteiger partial charge in [0.05, 0.1) is 0 Å². The fourth-order valence-corrected chi connectivity index (χ4v) is 3.57. The zero-order valence-corrected chi connectivity index (χ0v) is 10.8. The Bertz CT molecular complexity index is 273. The minimum absolute atomic E-state index is 0.145. The first kappa shape index (κ1) is 12.4. The third-order valence-corrected chi connectivity index (χ3v) is 4.52. The molecule has 0 aliphatic rings. The van der Waals surface area contributed by atoms with Crippen LogP contribution in [0, 0.1) is 5.82 Å². The summed E-state index contributed by atoms with van der Waals surface area (Å²) in [6, 6.07) is 8.03. The molecule has 0 saturated carbocycles. The second kappa shape index (κ2) is 6.75. The van der Waals surface area contributed by atoms with Crippen LogP contribution in [-0.2, 0) is 6.42 Å². The van der Waals surface area contributed by atoms with Gasteiger partial charge in [-0.05, 0) is 36.2 Å². The van der Waals surface area contributed by atoms with Gasteiger partial charge in [0.15, 0.2) is 0 Å². The van der Waals surface area contributed by atoms with Crippen LogP contribution in [-0.4, -0.2) is 15.2 Å². The van der Waals surface area contributed by atoms with Crippen molar-refractivity contribution in [3.63, 3.8) is 0 Å². The molecule has 0 fully saturated rings. The quantitative estimate of drug-likeness (QED) is 0.737. The normalized spacial score (nSPS) is 13.5. The van der Waals surface area contributed by atoms with Crippen molar-refractivity contribution >= 4 is 9.52 Å². The van der Waals surface area contributed by atoms with Crippen LogP contribution in [0.2, 0.25) is 6.04 Å². The van der Waals surface area contributed by atoms with Gasteiger partial charge in [0.2, 0.25) is 0 Å². The molecule has 0 aliphatic heterocycles. The highest BCUT2D eigenvalue weighted by atomic mass is 28.2. The third-order valence-electron chi connectivity index (χ3n) is 2.61. The van der Waals surface area contributed by atoms with E-state index >= 15 is 0 Å². The van der Waals surface area contributed by atoms with Crippen molar-refractivity contribution in [3.8, 4) is 0 Å². The van der Waals surface area contributed by atoms with E-state index in [9.17, 15) is 4.39 Å². The second-order valence-electron chi connectivity index (χ2n) is 4.07. The SMILES string of the molecule is CCCC(N)[SiH2]CCc1ccc(F)cc1. The van der Waals surface area contributed by atoms with Crippen molar-refractivity contribution in [1.82, 2.24) is 0 Å². The van der Waals surface area contributed by atoms with Gasteiger partial charge in [-0.15, -0.1) is 0 Å². The standard InChI is InChI=1S/C12H20FNSi/c1-2-3-12(14)15-9-8-10-4-6-11(13)7-5-10/h4-7,12H,2-3,8-9,14-15H2,1H3. The van der Waals surface area contributed by atoms with Crippen molar-refractivity contribution < 1.29 is 4.39 Å². The van der Waals surface area contributed by atoms with E-state index in [1.165, 1.54) is 30.2 Å². The molecule has 84 valence electrons. The maximum atomic E-state index is 12.6. The summed E-state index contributed by atoms with van der Waals surface area (Å²) in [5.74, 6) is -0.154. The minimum atomic E-state index is -0.154. The van der Waals surface area contributed by atoms with Crippen molar-refractivity contribution in [2.24, 2.45) is 5.73 Å². The molecule has 2 N–H and O–H groups in total. The highest BCUT2D eigenvalue weighted by Gasteiger charge is 2.02. The number of hydrogen-bond acceptors (Lipinski definition) is 1. The summed E-state index contributed by atoms with van der Waals surface area (Å²) in [4.78, 5) is 0. The monoisotopic (exact) mass is 225 g/mol. The molecule has 15 heavy (non-hydrogen) atoms. The van der Waals surface area contributed by atoms with Crippen molar-refractivity contribution in [1.29, 1.82) is 0 Å². The van der Waals surface area contributed by atoms with Gasteiger partial charge in [-0.2, -0.15) is 0 Å². The van der Waals surface area contributed by atoms with Crippen LogP contribution in [0.1, 0.15) is 25.3 Å². The van der Waals surface area contributed by atoms with Gasteiger partial charge in [-0.25, -0.2) is 4.39 Å². The highest BCUT2D eigenvalue weighted by molar-refractivity contribution is 6.37. The Hall–Kier alpha value is -0.673. The lowest BCUT2D eigenvalue weighted by Gasteiger charge is -2.08. The molecule has 0 amide bonds. The first-order valence-corrected chi connectivity index (χ1v) is 7.54. The topological polar surface area (TPSA) is 26.0 Å². The average Bonchev–Trinajstić information content (AvgIpc) is 2.21. The van der Waals surface area contributed by atoms with Crippen LogP contribution in [0.4, 0.5) is 4.39 Å². The first-order chi connectivity index (χ1) is 7.22. The van der Waals surface area contributed by atoms with Gasteiger partial charge in [-0.1, -0.05) is 31.5 Å². The maximum Gasteiger partial charge on any atom is 0.123 e. The molecule has 0 spiro atoms. The molecule has 0 saturated heterocycles. The predicted molar refractivity (Wildman–Crippen MR) is 66.3 cm³/mol. The zero-order valence-electron chi connectivity index (χ0n) is 9.38. The summed E-state index contributed by atoms with van der Waals surface area (Å²) < 4.78 is 12.6. The molecule has 0 aromatic heterocycles. The van der Waals surface area contributed by atoms with Crippen LogP contribution in [0.25, 0.3) is 0 Å². The van der Waals surface area contributed by atoms with Gasteiger partial charge < -0.3 is 5.73 Å². The van der Waals surface area contributed by atoms with E-state index < -0.39 is 0 Å². The summed E-state index contributed by atoms with van der Waals surface area (Å²) in [7, 11) is -0.145. The molecule has 0 aliphatic carbocycles. The van der Waals surface area contributed by atoms with Gasteiger partial charge in [0, 0.05) is 9.52 Å². The lowest BCUT2D eigenvalue weighted by molar-refractivity contribution is 0.627. The lowest BCUT2D eigenvalue weighted by Crippen LogP contribution is -2.27. The van der Waals surface area contributed by atoms with E-state index in [0.29, 0.717) is 5.67 Å². The van der Waals surface area contributed by atoms with Crippen LogP contribution in [0.15, 0.2) is 24.3 Å². The van der Waals surface area contributed by atoms with Gasteiger partial charge >= 0.3 is 0 Å². The molecular formula is C12H20FNSi. The summed E-state index contributed by atoms with van der Waals surface area (Å²) in [5, 5.41) is 0. The Labute approximate surface area is 93.7 Å². The van der Waals surface area contributed by atoms with E-state index in [-0.39, 0.29) is 15.3 Å². The third kappa shape index (κ3) is 5.09. The van der Waals surface area contributed by atoms with Crippen LogP contribution in [0.5, 0.6) is 0 Å². The minimum Gasteiger partial charge on any atom is -0.331 e. The molecular weight excluding hydrogens is 205 g/mol. The number of rotatable bonds is 6. The Morgan fingerprint density at radius 3 is 2.60 bits per heavy atom. The smallest absolute Gasteiger partial charge is 0.123 e. The lowest BCUT2D eigenvalue weighted by atomic mass is 10.2. The zero-order chi connectivity index (χ0) is 11.1. The molecule has 1 unspecified atom stereocenters. The molecule has 1 nitrogen and oxygen atoms in total. The number of halogens is 1. The first-order valence-electron chi connectivity index (χ1n) is 5.72. The molecule has 0 bridgehead atoms. The summed E-state index contributed by atoms with van der Waals surface area (Å²) in [5.41, 5.74) is 7.67. The Balaban J connectivity index is 2.22. The fourth-order valence-electron chi connectivity index (χ4n) is 1.73. The van der Waals surface area contributed by atoms with Crippen molar-refractivity contribution in [3.05, 3.63) is 35.6 Å². The van der Waals surface area contributed by atoms with Gasteiger partial charge in [0.1, 0.15) is 5.82 Å². The van der Waals surface area contributed by atoms with Gasteiger partial charge in [0.25, 0.3) is 0 Å². The van der Waals surface area contributed by atoms with E-state index in [4.69, 9.17) is 5.73 Å². The Morgan fingerprint density at radius 2 is 2.00 bits per heavy atom. The number of benzene rings is 1. The van der Waals surface area contributed by atoms with Crippen LogP contribution in [0.3, 0.4) is 0 Å². The summed E-state index contributed by atoms with van der Waals surface area (Å²) >= 11 is 0. The van der Waals surface area contributed by atoms with Gasteiger partial charge in [-0.3, -0.25) is 0 Å². The van der Waals surface area contributed by atoms with Crippen molar-refractivity contribution in [2.75, 3.05) is 0 Å². The molecule has 1 aromatic carbocycles. The molecule has 1 rings (SSSR count). The maximum absolute atomic E-state index is 12.6. The largest absolute Gasteiger partial charge is 0.331 e. The van der Waals surface area contributed by atoms with Crippen LogP contribution >= 0.6 is 0 Å². The Morgan fingerprint density at radius 1 is 1.33 bits per heavy atom. The number of nitrogens with two attached hydrogens (primary N) is 1. The average molecular weight is 225 g/mol. The van der Waals surface area contributed by atoms with Crippen molar-refractivity contribution in [2.45, 2.75) is 37.9 Å². The summed E-state index contributed by atoms with van der Waals surface area (Å²) in [6.45, 7) is 2.17.